The highest BCUT2D eigenvalue weighted by atomic mass is 16.4. The summed E-state index contributed by atoms with van der Waals surface area (Å²) in [6.45, 7) is 0.468. The van der Waals surface area contributed by atoms with Crippen molar-refractivity contribution in [1.29, 1.82) is 0 Å². The third kappa shape index (κ3) is 3.10. The first-order chi connectivity index (χ1) is 9.09. The van der Waals surface area contributed by atoms with Crippen LogP contribution in [-0.2, 0) is 16.1 Å². The molecule has 1 amide bonds. The molecule has 5 heteroatoms. The molecular formula is C14H18N2O3. The third-order valence-corrected chi connectivity index (χ3v) is 3.67. The molecule has 102 valence electrons. The largest absolute Gasteiger partial charge is 0.481 e. The van der Waals surface area contributed by atoms with Crippen molar-refractivity contribution in [2.24, 2.45) is 11.8 Å². The van der Waals surface area contributed by atoms with Gasteiger partial charge in [-0.05, 0) is 24.5 Å². The maximum Gasteiger partial charge on any atom is 0.307 e. The van der Waals surface area contributed by atoms with Crippen molar-refractivity contribution in [3.63, 3.8) is 0 Å². The molecule has 1 aromatic heterocycles. The maximum atomic E-state index is 12.3. The third-order valence-electron chi connectivity index (χ3n) is 3.67. The number of carbonyl (C=O) groups is 2. The summed E-state index contributed by atoms with van der Waals surface area (Å²) < 4.78 is 0. The van der Waals surface area contributed by atoms with E-state index in [1.165, 1.54) is 0 Å². The number of aromatic nitrogens is 1. The topological polar surface area (TPSA) is 70.5 Å². The van der Waals surface area contributed by atoms with Crippen LogP contribution in [0.4, 0.5) is 0 Å². The number of carbonyl (C=O) groups excluding carboxylic acids is 1. The molecule has 0 saturated heterocycles. The van der Waals surface area contributed by atoms with E-state index in [9.17, 15) is 9.59 Å². The molecular weight excluding hydrogens is 244 g/mol. The van der Waals surface area contributed by atoms with Crippen molar-refractivity contribution in [3.05, 3.63) is 30.1 Å². The molecule has 1 saturated carbocycles. The summed E-state index contributed by atoms with van der Waals surface area (Å²) in [4.78, 5) is 29.0. The number of rotatable bonds is 4. The Kier molecular flexibility index (Phi) is 4.14. The quantitative estimate of drug-likeness (QED) is 0.893. The van der Waals surface area contributed by atoms with Crippen molar-refractivity contribution >= 4 is 11.9 Å². The van der Waals surface area contributed by atoms with Crippen LogP contribution in [0.25, 0.3) is 0 Å². The number of carboxylic acids is 1. The van der Waals surface area contributed by atoms with E-state index in [0.717, 1.165) is 12.0 Å². The van der Waals surface area contributed by atoms with Crippen LogP contribution in [-0.4, -0.2) is 33.9 Å². The van der Waals surface area contributed by atoms with E-state index in [0.29, 0.717) is 19.4 Å². The predicted octanol–water partition coefficient (Wildman–Crippen LogP) is 1.54. The minimum absolute atomic E-state index is 0.0752. The molecule has 0 aliphatic heterocycles. The van der Waals surface area contributed by atoms with E-state index < -0.39 is 11.9 Å². The molecule has 0 unspecified atom stereocenters. The first kappa shape index (κ1) is 13.5. The fourth-order valence-electron chi connectivity index (χ4n) is 2.68. The van der Waals surface area contributed by atoms with Gasteiger partial charge in [-0.3, -0.25) is 14.6 Å². The number of hydrogen-bond acceptors (Lipinski definition) is 3. The van der Waals surface area contributed by atoms with E-state index in [1.807, 2.05) is 12.1 Å². The normalized spacial score (nSPS) is 22.2. The van der Waals surface area contributed by atoms with Gasteiger partial charge in [0, 0.05) is 26.0 Å². The van der Waals surface area contributed by atoms with Gasteiger partial charge in [0.1, 0.15) is 0 Å². The van der Waals surface area contributed by atoms with Gasteiger partial charge in [0.05, 0.1) is 11.8 Å². The van der Waals surface area contributed by atoms with E-state index in [4.69, 9.17) is 5.11 Å². The van der Waals surface area contributed by atoms with Crippen LogP contribution in [0.15, 0.2) is 24.5 Å². The standard InChI is InChI=1S/C14H18N2O3/c1-16(9-10-4-3-7-15-8-10)13(17)11-5-2-6-12(11)14(18)19/h3-4,7-8,11-12H,2,5-6,9H2,1H3,(H,18,19)/t11-,12+/m1/s1. The fraction of sp³-hybridized carbons (Fsp3) is 0.500. The maximum absolute atomic E-state index is 12.3. The summed E-state index contributed by atoms with van der Waals surface area (Å²) in [6.07, 6.45) is 5.49. The van der Waals surface area contributed by atoms with Gasteiger partial charge in [-0.15, -0.1) is 0 Å². The number of amides is 1. The molecule has 2 atom stereocenters. The summed E-state index contributed by atoms with van der Waals surface area (Å²) in [7, 11) is 1.71. The van der Waals surface area contributed by atoms with Crippen molar-refractivity contribution in [1.82, 2.24) is 9.88 Å². The van der Waals surface area contributed by atoms with Gasteiger partial charge in [0.25, 0.3) is 0 Å². The Bertz CT molecular complexity index is 461. The van der Waals surface area contributed by atoms with Crippen molar-refractivity contribution in [2.75, 3.05) is 7.05 Å². The number of pyridine rings is 1. The fourth-order valence-corrected chi connectivity index (χ4v) is 2.68. The van der Waals surface area contributed by atoms with Gasteiger partial charge in [-0.1, -0.05) is 12.5 Å². The van der Waals surface area contributed by atoms with Crippen LogP contribution >= 0.6 is 0 Å². The van der Waals surface area contributed by atoms with Gasteiger partial charge in [0.15, 0.2) is 0 Å². The second kappa shape index (κ2) is 5.82. The Morgan fingerprint density at radius 3 is 2.79 bits per heavy atom. The summed E-state index contributed by atoms with van der Waals surface area (Å²) in [6, 6.07) is 3.73. The highest BCUT2D eigenvalue weighted by Gasteiger charge is 2.38. The molecule has 1 aliphatic rings. The highest BCUT2D eigenvalue weighted by Crippen LogP contribution is 2.33. The molecule has 0 aromatic carbocycles. The SMILES string of the molecule is CN(Cc1cccnc1)C(=O)[C@@H]1CCC[C@@H]1C(=O)O. The van der Waals surface area contributed by atoms with E-state index >= 15 is 0 Å². The lowest BCUT2D eigenvalue weighted by Crippen LogP contribution is -2.36. The lowest BCUT2D eigenvalue weighted by Gasteiger charge is -2.23. The average Bonchev–Trinajstić information content (AvgIpc) is 2.88. The molecule has 19 heavy (non-hydrogen) atoms. The molecule has 0 bridgehead atoms. The summed E-state index contributed by atoms with van der Waals surface area (Å²) in [5.74, 6) is -1.83. The van der Waals surface area contributed by atoms with Gasteiger partial charge >= 0.3 is 5.97 Å². The molecule has 1 aliphatic carbocycles. The van der Waals surface area contributed by atoms with Crippen LogP contribution in [0.2, 0.25) is 0 Å². The van der Waals surface area contributed by atoms with E-state index in [-0.39, 0.29) is 11.8 Å². The molecule has 1 N–H and O–H groups in total. The van der Waals surface area contributed by atoms with Crippen molar-refractivity contribution < 1.29 is 14.7 Å². The summed E-state index contributed by atoms with van der Waals surface area (Å²) >= 11 is 0. The number of aliphatic carboxylic acids is 1. The molecule has 0 radical (unpaired) electrons. The Morgan fingerprint density at radius 1 is 1.42 bits per heavy atom. The Hall–Kier alpha value is -1.91. The van der Waals surface area contributed by atoms with Gasteiger partial charge < -0.3 is 10.0 Å². The molecule has 2 rings (SSSR count). The van der Waals surface area contributed by atoms with E-state index in [1.54, 1.807) is 24.3 Å². The molecule has 0 spiro atoms. The van der Waals surface area contributed by atoms with Gasteiger partial charge in [0.2, 0.25) is 5.91 Å². The van der Waals surface area contributed by atoms with Crippen LogP contribution in [0.3, 0.4) is 0 Å². The van der Waals surface area contributed by atoms with Crippen LogP contribution in [0, 0.1) is 11.8 Å². The van der Waals surface area contributed by atoms with Crippen LogP contribution in [0.5, 0.6) is 0 Å². The Labute approximate surface area is 112 Å². The minimum atomic E-state index is -0.856. The number of nitrogens with zero attached hydrogens (tertiary/aromatic N) is 2. The lowest BCUT2D eigenvalue weighted by molar-refractivity contribution is -0.148. The predicted molar refractivity (Wildman–Crippen MR) is 69.2 cm³/mol. The average molecular weight is 262 g/mol. The zero-order valence-electron chi connectivity index (χ0n) is 11.0. The Morgan fingerprint density at radius 2 is 2.16 bits per heavy atom. The molecule has 1 heterocycles. The van der Waals surface area contributed by atoms with Crippen LogP contribution in [0.1, 0.15) is 24.8 Å². The van der Waals surface area contributed by atoms with Gasteiger partial charge in [-0.25, -0.2) is 0 Å². The zero-order valence-corrected chi connectivity index (χ0v) is 11.0. The number of carboxylic acid groups (broad SMARTS) is 1. The first-order valence-corrected chi connectivity index (χ1v) is 6.46. The van der Waals surface area contributed by atoms with Crippen molar-refractivity contribution in [2.45, 2.75) is 25.8 Å². The summed E-state index contributed by atoms with van der Waals surface area (Å²) in [5, 5.41) is 9.12. The zero-order chi connectivity index (χ0) is 13.8. The van der Waals surface area contributed by atoms with Gasteiger partial charge in [-0.2, -0.15) is 0 Å². The summed E-state index contributed by atoms with van der Waals surface area (Å²) in [5.41, 5.74) is 0.947. The molecule has 5 nitrogen and oxygen atoms in total. The number of hydrogen-bond donors (Lipinski definition) is 1. The second-order valence-electron chi connectivity index (χ2n) is 5.04. The molecule has 1 aromatic rings. The Balaban J connectivity index is 2.01. The van der Waals surface area contributed by atoms with E-state index in [2.05, 4.69) is 4.98 Å². The lowest BCUT2D eigenvalue weighted by atomic mass is 9.95. The second-order valence-corrected chi connectivity index (χ2v) is 5.04. The molecule has 1 fully saturated rings. The first-order valence-electron chi connectivity index (χ1n) is 6.46. The smallest absolute Gasteiger partial charge is 0.307 e. The van der Waals surface area contributed by atoms with Crippen LogP contribution < -0.4 is 0 Å². The monoisotopic (exact) mass is 262 g/mol. The van der Waals surface area contributed by atoms with Crippen molar-refractivity contribution in [3.8, 4) is 0 Å². The highest BCUT2D eigenvalue weighted by molar-refractivity contribution is 5.85. The minimum Gasteiger partial charge on any atom is -0.481 e.